The number of hydrogen-bond donors (Lipinski definition) is 2. The lowest BCUT2D eigenvalue weighted by molar-refractivity contribution is -0.133. The van der Waals surface area contributed by atoms with Crippen molar-refractivity contribution in [3.05, 3.63) is 57.8 Å². The Bertz CT molecular complexity index is 867. The summed E-state index contributed by atoms with van der Waals surface area (Å²) in [7, 11) is 0. The van der Waals surface area contributed by atoms with Crippen LogP contribution in [0, 0.1) is 17.2 Å². The molecule has 126 valence electrons. The average molecular weight is 352 g/mol. The molecule has 2 heterocycles. The second kappa shape index (κ2) is 7.28. The molecule has 1 aromatic heterocycles. The zero-order chi connectivity index (χ0) is 17.8. The van der Waals surface area contributed by atoms with Gasteiger partial charge in [0.2, 0.25) is 5.91 Å². The van der Waals surface area contributed by atoms with E-state index in [0.29, 0.717) is 17.1 Å². The Morgan fingerprint density at radius 2 is 2.08 bits per heavy atom. The van der Waals surface area contributed by atoms with Gasteiger partial charge in [-0.05, 0) is 24.6 Å². The Morgan fingerprint density at radius 1 is 1.32 bits per heavy atom. The van der Waals surface area contributed by atoms with Gasteiger partial charge in [-0.15, -0.1) is 11.3 Å². The molecule has 1 saturated heterocycles. The third-order valence-corrected chi connectivity index (χ3v) is 5.20. The van der Waals surface area contributed by atoms with E-state index in [1.54, 1.807) is 19.1 Å². The first-order valence-corrected chi connectivity index (χ1v) is 8.59. The van der Waals surface area contributed by atoms with Crippen LogP contribution in [-0.2, 0) is 9.59 Å². The average Bonchev–Trinajstić information content (AvgIpc) is 3.27. The lowest BCUT2D eigenvalue weighted by atomic mass is 9.88. The minimum absolute atomic E-state index is 0.212. The number of hydrazone groups is 1. The molecule has 0 aliphatic carbocycles. The van der Waals surface area contributed by atoms with Gasteiger partial charge in [0, 0.05) is 12.5 Å². The number of thiophene rings is 1. The van der Waals surface area contributed by atoms with E-state index < -0.39 is 11.8 Å². The van der Waals surface area contributed by atoms with Gasteiger partial charge in [-0.25, -0.2) is 5.43 Å². The summed E-state index contributed by atoms with van der Waals surface area (Å²) >= 11 is 1.30. The van der Waals surface area contributed by atoms with Crippen molar-refractivity contribution < 1.29 is 9.59 Å². The number of amides is 2. The third-order valence-electron chi connectivity index (χ3n) is 4.10. The molecule has 0 bridgehead atoms. The highest BCUT2D eigenvalue weighted by molar-refractivity contribution is 7.14. The second-order valence-electron chi connectivity index (χ2n) is 5.69. The normalized spacial score (nSPS) is 20.0. The van der Waals surface area contributed by atoms with Crippen LogP contribution in [0.1, 0.15) is 28.2 Å². The molecule has 7 heteroatoms. The first-order valence-electron chi connectivity index (χ1n) is 7.77. The van der Waals surface area contributed by atoms with Crippen LogP contribution in [-0.4, -0.2) is 24.1 Å². The summed E-state index contributed by atoms with van der Waals surface area (Å²) in [6.07, 6.45) is 0. The van der Waals surface area contributed by atoms with Gasteiger partial charge >= 0.3 is 0 Å². The number of carbonyl (C=O) groups is 2. The van der Waals surface area contributed by atoms with Crippen LogP contribution in [0.3, 0.4) is 0 Å². The van der Waals surface area contributed by atoms with E-state index in [1.165, 1.54) is 11.3 Å². The molecular weight excluding hydrogens is 336 g/mol. The molecule has 1 fully saturated rings. The number of carbonyl (C=O) groups excluding carboxylic acids is 2. The molecule has 2 unspecified atom stereocenters. The Hall–Kier alpha value is -2.98. The van der Waals surface area contributed by atoms with E-state index in [1.807, 2.05) is 30.3 Å². The standard InChI is InChI=1S/C18H16N4O2S/c1-11(15-8-7-13(9-19)25-15)21-22-18(24)16-14(10-20-17(16)23)12-5-3-2-4-6-12/h2-8,14,16H,10H2,1H3,(H,20,23)(H,22,24)/b21-11-. The van der Waals surface area contributed by atoms with Crippen LogP contribution < -0.4 is 10.7 Å². The Labute approximate surface area is 149 Å². The highest BCUT2D eigenvalue weighted by Crippen LogP contribution is 2.29. The monoisotopic (exact) mass is 352 g/mol. The van der Waals surface area contributed by atoms with Gasteiger partial charge < -0.3 is 5.32 Å². The quantitative estimate of drug-likeness (QED) is 0.500. The molecule has 2 amide bonds. The molecular formula is C18H16N4O2S. The molecule has 1 aromatic carbocycles. The smallest absolute Gasteiger partial charge is 0.253 e. The molecule has 3 rings (SSSR count). The summed E-state index contributed by atoms with van der Waals surface area (Å²) < 4.78 is 0. The fourth-order valence-corrected chi connectivity index (χ4v) is 3.54. The number of nitriles is 1. The Balaban J connectivity index is 1.74. The number of benzene rings is 1. The minimum atomic E-state index is -0.808. The van der Waals surface area contributed by atoms with E-state index in [-0.39, 0.29) is 11.8 Å². The topological polar surface area (TPSA) is 94.3 Å². The molecule has 25 heavy (non-hydrogen) atoms. The first-order chi connectivity index (χ1) is 12.1. The van der Waals surface area contributed by atoms with Crippen LogP contribution >= 0.6 is 11.3 Å². The van der Waals surface area contributed by atoms with Gasteiger partial charge in [-0.1, -0.05) is 30.3 Å². The molecule has 2 N–H and O–H groups in total. The fourth-order valence-electron chi connectivity index (χ4n) is 2.79. The molecule has 1 aliphatic heterocycles. The van der Waals surface area contributed by atoms with Gasteiger partial charge in [0.15, 0.2) is 0 Å². The third kappa shape index (κ3) is 3.59. The van der Waals surface area contributed by atoms with Gasteiger partial charge in [-0.3, -0.25) is 9.59 Å². The molecule has 2 aromatic rings. The van der Waals surface area contributed by atoms with Crippen molar-refractivity contribution in [3.63, 3.8) is 0 Å². The summed E-state index contributed by atoms with van der Waals surface area (Å²) in [5.41, 5.74) is 4.03. The number of nitrogens with zero attached hydrogens (tertiary/aromatic N) is 2. The highest BCUT2D eigenvalue weighted by atomic mass is 32.1. The van der Waals surface area contributed by atoms with Crippen LogP contribution in [0.4, 0.5) is 0 Å². The van der Waals surface area contributed by atoms with Gasteiger partial charge in [0.1, 0.15) is 16.9 Å². The van der Waals surface area contributed by atoms with E-state index in [0.717, 1.165) is 10.4 Å². The van der Waals surface area contributed by atoms with Crippen molar-refractivity contribution in [2.24, 2.45) is 11.0 Å². The van der Waals surface area contributed by atoms with Crippen LogP contribution in [0.5, 0.6) is 0 Å². The first kappa shape index (κ1) is 16.9. The number of nitrogens with one attached hydrogen (secondary N) is 2. The lowest BCUT2D eigenvalue weighted by Crippen LogP contribution is -2.35. The largest absolute Gasteiger partial charge is 0.355 e. The number of hydrogen-bond acceptors (Lipinski definition) is 5. The summed E-state index contributed by atoms with van der Waals surface area (Å²) in [5, 5.41) is 15.7. The predicted molar refractivity (Wildman–Crippen MR) is 95.1 cm³/mol. The second-order valence-corrected chi connectivity index (χ2v) is 6.77. The van der Waals surface area contributed by atoms with Crippen LogP contribution in [0.2, 0.25) is 0 Å². The Kier molecular flexibility index (Phi) is 4.91. The maximum atomic E-state index is 12.5. The maximum absolute atomic E-state index is 12.5. The predicted octanol–water partition coefficient (Wildman–Crippen LogP) is 1.99. The number of rotatable bonds is 4. The van der Waals surface area contributed by atoms with Crippen LogP contribution in [0.15, 0.2) is 47.6 Å². The van der Waals surface area contributed by atoms with Gasteiger partial charge in [0.05, 0.1) is 10.6 Å². The summed E-state index contributed by atoms with van der Waals surface area (Å²) in [5.74, 6) is -1.74. The molecule has 2 atom stereocenters. The van der Waals surface area contributed by atoms with Crippen molar-refractivity contribution >= 4 is 28.9 Å². The van der Waals surface area contributed by atoms with E-state index in [2.05, 4.69) is 21.9 Å². The SMILES string of the molecule is C/C(=N/NC(=O)C1C(=O)NCC1c1ccccc1)c1ccc(C#N)s1. The minimum Gasteiger partial charge on any atom is -0.355 e. The maximum Gasteiger partial charge on any atom is 0.253 e. The van der Waals surface area contributed by atoms with Gasteiger partial charge in [0.25, 0.3) is 5.91 Å². The zero-order valence-corrected chi connectivity index (χ0v) is 14.3. The van der Waals surface area contributed by atoms with Crippen molar-refractivity contribution in [2.45, 2.75) is 12.8 Å². The highest BCUT2D eigenvalue weighted by Gasteiger charge is 2.40. The summed E-state index contributed by atoms with van der Waals surface area (Å²) in [4.78, 5) is 26.0. The van der Waals surface area contributed by atoms with Crippen molar-refractivity contribution in [2.75, 3.05) is 6.54 Å². The molecule has 0 saturated carbocycles. The van der Waals surface area contributed by atoms with Crippen molar-refractivity contribution in [3.8, 4) is 6.07 Å². The van der Waals surface area contributed by atoms with E-state index in [9.17, 15) is 9.59 Å². The fraction of sp³-hybridized carbons (Fsp3) is 0.222. The summed E-state index contributed by atoms with van der Waals surface area (Å²) in [6.45, 7) is 2.18. The molecule has 0 spiro atoms. The summed E-state index contributed by atoms with van der Waals surface area (Å²) in [6, 6.07) is 15.0. The molecule has 6 nitrogen and oxygen atoms in total. The van der Waals surface area contributed by atoms with Crippen molar-refractivity contribution in [1.82, 2.24) is 10.7 Å². The van der Waals surface area contributed by atoms with E-state index in [4.69, 9.17) is 5.26 Å². The van der Waals surface area contributed by atoms with Gasteiger partial charge in [-0.2, -0.15) is 10.4 Å². The van der Waals surface area contributed by atoms with Crippen LogP contribution in [0.25, 0.3) is 0 Å². The Morgan fingerprint density at radius 3 is 2.76 bits per heavy atom. The molecule has 0 radical (unpaired) electrons. The van der Waals surface area contributed by atoms with Crippen molar-refractivity contribution in [1.29, 1.82) is 5.26 Å². The zero-order valence-electron chi connectivity index (χ0n) is 13.5. The molecule has 1 aliphatic rings. The van der Waals surface area contributed by atoms with E-state index >= 15 is 0 Å². The lowest BCUT2D eigenvalue weighted by Gasteiger charge is -2.15.